The molecule has 2 rings (SSSR count). The molecule has 1 aromatic carbocycles. The smallest absolute Gasteiger partial charge is 0.336 e. The van der Waals surface area contributed by atoms with Crippen molar-refractivity contribution >= 4 is 17.6 Å². The number of aryl methyl sites for hydroxylation is 1. The highest BCUT2D eigenvalue weighted by atomic mass is 16.5. The topological polar surface area (TPSA) is 79.5 Å². The minimum absolute atomic E-state index is 0.107. The number of hydrogen-bond acceptors (Lipinski definition) is 3. The number of aromatic nitrogens is 1. The summed E-state index contributed by atoms with van der Waals surface area (Å²) < 4.78 is 7.54. The molecule has 0 spiro atoms. The molecule has 23 heavy (non-hydrogen) atoms. The molecule has 1 heterocycles. The summed E-state index contributed by atoms with van der Waals surface area (Å²) in [6, 6.07) is 10.3. The molecule has 0 unspecified atom stereocenters. The van der Waals surface area contributed by atoms with E-state index in [0.717, 1.165) is 24.4 Å². The number of carboxylic acid groups (broad SMARTS) is 1. The van der Waals surface area contributed by atoms with Crippen LogP contribution in [0.3, 0.4) is 0 Å². The van der Waals surface area contributed by atoms with Crippen LogP contribution in [0.25, 0.3) is 0 Å². The van der Waals surface area contributed by atoms with Crippen molar-refractivity contribution in [2.45, 2.75) is 19.9 Å². The number of amides is 1. The van der Waals surface area contributed by atoms with Crippen LogP contribution in [0, 0.1) is 0 Å². The third kappa shape index (κ3) is 5.43. The van der Waals surface area contributed by atoms with Gasteiger partial charge in [0, 0.05) is 31.2 Å². The number of carbonyl (C=O) groups is 2. The molecule has 0 bridgehead atoms. The number of aromatic carboxylic acids is 1. The maximum Gasteiger partial charge on any atom is 0.336 e. The minimum atomic E-state index is -0.928. The van der Waals surface area contributed by atoms with E-state index >= 15 is 0 Å². The number of nitrogens with zero attached hydrogens (tertiary/aromatic N) is 1. The number of carbonyl (C=O) groups excluding carboxylic acids is 1. The van der Waals surface area contributed by atoms with Gasteiger partial charge in [0.2, 0.25) is 5.91 Å². The number of ether oxygens (including phenoxy) is 1. The lowest BCUT2D eigenvalue weighted by Gasteiger charge is -2.06. The van der Waals surface area contributed by atoms with E-state index in [1.807, 2.05) is 4.57 Å². The average Bonchev–Trinajstić information content (AvgIpc) is 2.53. The van der Waals surface area contributed by atoms with E-state index < -0.39 is 5.97 Å². The molecule has 0 atom stereocenters. The molecule has 0 radical (unpaired) electrons. The first kappa shape index (κ1) is 16.5. The summed E-state index contributed by atoms with van der Waals surface area (Å²) in [6.07, 6.45) is 4.28. The van der Waals surface area contributed by atoms with E-state index in [9.17, 15) is 9.59 Å². The fourth-order valence-electron chi connectivity index (χ4n) is 2.02. The molecule has 0 aliphatic heterocycles. The number of rotatable bonds is 7. The first-order chi connectivity index (χ1) is 11.0. The highest BCUT2D eigenvalue weighted by Gasteiger charge is 2.06. The second-order valence-corrected chi connectivity index (χ2v) is 5.04. The second-order valence-electron chi connectivity index (χ2n) is 5.04. The van der Waals surface area contributed by atoms with Crippen LogP contribution in [0.2, 0.25) is 0 Å². The van der Waals surface area contributed by atoms with Crippen molar-refractivity contribution in [1.29, 1.82) is 0 Å². The van der Waals surface area contributed by atoms with Gasteiger partial charge in [0.25, 0.3) is 0 Å². The van der Waals surface area contributed by atoms with Crippen molar-refractivity contribution < 1.29 is 24.0 Å². The van der Waals surface area contributed by atoms with Gasteiger partial charge in [-0.15, -0.1) is 0 Å². The second kappa shape index (κ2) is 7.93. The molecule has 1 aromatic heterocycles. The molecule has 0 aliphatic rings. The summed E-state index contributed by atoms with van der Waals surface area (Å²) in [5.41, 5.74) is 1.01. The van der Waals surface area contributed by atoms with E-state index in [-0.39, 0.29) is 11.5 Å². The zero-order valence-corrected chi connectivity index (χ0v) is 12.9. The third-order valence-electron chi connectivity index (χ3n) is 3.14. The summed E-state index contributed by atoms with van der Waals surface area (Å²) in [5, 5.41) is 11.5. The van der Waals surface area contributed by atoms with Gasteiger partial charge in [0.15, 0.2) is 18.9 Å². The van der Waals surface area contributed by atoms with Crippen LogP contribution in [-0.4, -0.2) is 23.6 Å². The van der Waals surface area contributed by atoms with Gasteiger partial charge in [-0.2, -0.15) is 0 Å². The minimum Gasteiger partial charge on any atom is -0.493 e. The van der Waals surface area contributed by atoms with Gasteiger partial charge in [-0.05, 0) is 24.3 Å². The van der Waals surface area contributed by atoms with Crippen molar-refractivity contribution in [3.63, 3.8) is 0 Å². The Morgan fingerprint density at radius 3 is 2.35 bits per heavy atom. The van der Waals surface area contributed by atoms with Crippen LogP contribution >= 0.6 is 0 Å². The molecule has 1 amide bonds. The molecular formula is C17H19N2O4+. The SMILES string of the molecule is CC(=O)Nc1ccc(OCCC[n+]2ccc(C(=O)O)cc2)cc1. The Labute approximate surface area is 134 Å². The van der Waals surface area contributed by atoms with E-state index in [1.165, 1.54) is 6.92 Å². The van der Waals surface area contributed by atoms with Crippen LogP contribution in [0.4, 0.5) is 5.69 Å². The van der Waals surface area contributed by atoms with Gasteiger partial charge >= 0.3 is 5.97 Å². The lowest BCUT2D eigenvalue weighted by molar-refractivity contribution is -0.697. The average molecular weight is 315 g/mol. The van der Waals surface area contributed by atoms with E-state index in [2.05, 4.69) is 5.32 Å². The van der Waals surface area contributed by atoms with Gasteiger partial charge in [0.1, 0.15) is 5.75 Å². The van der Waals surface area contributed by atoms with Gasteiger partial charge in [-0.1, -0.05) is 0 Å². The molecular weight excluding hydrogens is 296 g/mol. The number of anilines is 1. The number of nitrogens with one attached hydrogen (secondary N) is 1. The standard InChI is InChI=1S/C17H18N2O4/c1-13(20)18-15-3-5-16(6-4-15)23-12-2-9-19-10-7-14(8-11-19)17(21)22/h3-8,10-11H,2,9,12H2,1H3,(H-,18,20,21,22)/p+1. The predicted molar refractivity (Wildman–Crippen MR) is 84.5 cm³/mol. The number of benzene rings is 1. The summed E-state index contributed by atoms with van der Waals surface area (Å²) >= 11 is 0. The lowest BCUT2D eigenvalue weighted by atomic mass is 10.3. The molecule has 0 fully saturated rings. The van der Waals surface area contributed by atoms with E-state index in [1.54, 1.807) is 48.8 Å². The highest BCUT2D eigenvalue weighted by molar-refractivity contribution is 5.88. The van der Waals surface area contributed by atoms with E-state index in [4.69, 9.17) is 9.84 Å². The first-order valence-electron chi connectivity index (χ1n) is 7.27. The van der Waals surface area contributed by atoms with E-state index in [0.29, 0.717) is 6.61 Å². The molecule has 0 saturated carbocycles. The summed E-state index contributed by atoms with van der Waals surface area (Å²) in [4.78, 5) is 21.7. The van der Waals surface area contributed by atoms with Crippen molar-refractivity contribution in [3.8, 4) is 5.75 Å². The normalized spacial score (nSPS) is 10.1. The lowest BCUT2D eigenvalue weighted by Crippen LogP contribution is -2.33. The van der Waals surface area contributed by atoms with Crippen LogP contribution < -0.4 is 14.6 Å². The van der Waals surface area contributed by atoms with Crippen molar-refractivity contribution in [3.05, 3.63) is 54.4 Å². The highest BCUT2D eigenvalue weighted by Crippen LogP contribution is 2.15. The predicted octanol–water partition coefficient (Wildman–Crippen LogP) is 2.10. The molecule has 2 N–H and O–H groups in total. The van der Waals surface area contributed by atoms with Gasteiger partial charge < -0.3 is 15.2 Å². The summed E-state index contributed by atoms with van der Waals surface area (Å²) in [5.74, 6) is -0.293. The van der Waals surface area contributed by atoms with Crippen molar-refractivity contribution in [2.75, 3.05) is 11.9 Å². The molecule has 0 aliphatic carbocycles. The van der Waals surface area contributed by atoms with Crippen LogP contribution in [0.1, 0.15) is 23.7 Å². The number of hydrogen-bond donors (Lipinski definition) is 2. The maximum atomic E-state index is 10.9. The Bertz CT molecular complexity index is 666. The Morgan fingerprint density at radius 1 is 1.13 bits per heavy atom. The van der Waals surface area contributed by atoms with Gasteiger partial charge in [-0.3, -0.25) is 4.79 Å². The number of carboxylic acids is 1. The Kier molecular flexibility index (Phi) is 5.68. The number of pyridine rings is 1. The fourth-order valence-corrected chi connectivity index (χ4v) is 2.02. The van der Waals surface area contributed by atoms with Crippen LogP contribution in [0.15, 0.2) is 48.8 Å². The largest absolute Gasteiger partial charge is 0.493 e. The molecule has 120 valence electrons. The third-order valence-corrected chi connectivity index (χ3v) is 3.14. The first-order valence-corrected chi connectivity index (χ1v) is 7.27. The zero-order valence-electron chi connectivity index (χ0n) is 12.9. The molecule has 6 heteroatoms. The van der Waals surface area contributed by atoms with Gasteiger partial charge in [0.05, 0.1) is 12.2 Å². The zero-order chi connectivity index (χ0) is 16.7. The van der Waals surface area contributed by atoms with Crippen molar-refractivity contribution in [1.82, 2.24) is 0 Å². The van der Waals surface area contributed by atoms with Gasteiger partial charge in [-0.25, -0.2) is 9.36 Å². The summed E-state index contributed by atoms with van der Waals surface area (Å²) in [6.45, 7) is 2.75. The quantitative estimate of drug-likeness (QED) is 0.606. The Balaban J connectivity index is 1.74. The monoisotopic (exact) mass is 315 g/mol. The van der Waals surface area contributed by atoms with Crippen LogP contribution in [-0.2, 0) is 11.3 Å². The molecule has 0 saturated heterocycles. The Hall–Kier alpha value is -2.89. The molecule has 6 nitrogen and oxygen atoms in total. The maximum absolute atomic E-state index is 10.9. The van der Waals surface area contributed by atoms with Crippen molar-refractivity contribution in [2.24, 2.45) is 0 Å². The summed E-state index contributed by atoms with van der Waals surface area (Å²) in [7, 11) is 0. The fraction of sp³-hybridized carbons (Fsp3) is 0.235. The van der Waals surface area contributed by atoms with Crippen LogP contribution in [0.5, 0.6) is 5.75 Å². The Morgan fingerprint density at radius 2 is 1.78 bits per heavy atom. The molecule has 2 aromatic rings.